The average molecular weight is 709 g/mol. The van der Waals surface area contributed by atoms with E-state index in [9.17, 15) is 49.1 Å². The highest BCUT2D eigenvalue weighted by molar-refractivity contribution is 7.92. The molecule has 248 valence electrons. The zero-order valence-electron chi connectivity index (χ0n) is 24.1. The van der Waals surface area contributed by atoms with Gasteiger partial charge in [-0.1, -0.05) is 30.3 Å². The van der Waals surface area contributed by atoms with Gasteiger partial charge in [-0.2, -0.15) is 31.2 Å². The van der Waals surface area contributed by atoms with Crippen LogP contribution in [0.15, 0.2) is 89.3 Å². The number of aromatic nitrogens is 1. The molecule has 9 nitrogen and oxygen atoms in total. The quantitative estimate of drug-likeness (QED) is 0.104. The number of imide groups is 1. The fourth-order valence-corrected chi connectivity index (χ4v) is 7.26. The molecular formula is C31H20F6N3O6S2+. The summed E-state index contributed by atoms with van der Waals surface area (Å²) in [5.41, 5.74) is -3.87. The van der Waals surface area contributed by atoms with E-state index in [2.05, 4.69) is 4.98 Å². The molecule has 1 atom stereocenters. The largest absolute Gasteiger partial charge is 0.501 e. The summed E-state index contributed by atoms with van der Waals surface area (Å²) < 4.78 is 102. The number of rotatable bonds is 7. The Kier molecular flexibility index (Phi) is 8.04. The minimum absolute atomic E-state index is 0.208. The van der Waals surface area contributed by atoms with Crippen molar-refractivity contribution in [2.24, 2.45) is 0 Å². The van der Waals surface area contributed by atoms with Crippen molar-refractivity contribution in [3.8, 4) is 0 Å². The molecule has 1 fully saturated rings. The predicted octanol–water partition coefficient (Wildman–Crippen LogP) is 6.84. The molecule has 0 aliphatic carbocycles. The summed E-state index contributed by atoms with van der Waals surface area (Å²) in [6.07, 6.45) is -3.88. The Bertz CT molecular complexity index is 2210. The zero-order chi connectivity index (χ0) is 34.6. The Morgan fingerprint density at radius 1 is 0.896 bits per heavy atom. The number of halogens is 6. The molecule has 0 radical (unpaired) electrons. The molecule has 1 aliphatic heterocycles. The fraction of sp³-hybridized carbons (Fsp3) is 0.161. The molecule has 0 N–H and O–H groups in total. The number of thiophene rings is 1. The average Bonchev–Trinajstić information content (AvgIpc) is 3.53. The van der Waals surface area contributed by atoms with E-state index in [0.717, 1.165) is 15.6 Å². The second kappa shape index (κ2) is 11.7. The second-order valence-electron chi connectivity index (χ2n) is 10.8. The van der Waals surface area contributed by atoms with Crippen molar-refractivity contribution < 1.29 is 58.6 Å². The van der Waals surface area contributed by atoms with Crippen molar-refractivity contribution in [1.82, 2.24) is 4.98 Å². The Labute approximate surface area is 271 Å². The van der Waals surface area contributed by atoms with Crippen LogP contribution in [0.4, 0.5) is 36.8 Å². The number of carbonyl (C=O) groups excluding carboxylic acids is 3. The Morgan fingerprint density at radius 3 is 2.29 bits per heavy atom. The minimum Gasteiger partial charge on any atom is -0.267 e. The number of hydrogen-bond acceptors (Lipinski definition) is 8. The topological polar surface area (TPSA) is 111 Å². The van der Waals surface area contributed by atoms with Gasteiger partial charge in [0.25, 0.3) is 15.7 Å². The third-order valence-corrected chi connectivity index (χ3v) is 10.2. The van der Waals surface area contributed by atoms with Crippen LogP contribution >= 0.6 is 11.3 Å². The number of nitrogens with zero attached hydrogens (tertiary/aromatic N) is 3. The van der Waals surface area contributed by atoms with E-state index in [1.54, 1.807) is 18.2 Å². The minimum atomic E-state index is -5.79. The number of benzene rings is 3. The number of quaternary nitrogens is 1. The maximum Gasteiger partial charge on any atom is 0.501 e. The van der Waals surface area contributed by atoms with Crippen LogP contribution in [0.1, 0.15) is 16.7 Å². The highest BCUT2D eigenvalue weighted by Gasteiger charge is 2.60. The van der Waals surface area contributed by atoms with Gasteiger partial charge in [0.2, 0.25) is 6.54 Å². The summed E-state index contributed by atoms with van der Waals surface area (Å²) in [4.78, 5) is 47.6. The molecule has 1 unspecified atom stereocenters. The smallest absolute Gasteiger partial charge is 0.267 e. The molecule has 1 saturated heterocycles. The van der Waals surface area contributed by atoms with Crippen LogP contribution in [-0.2, 0) is 37.2 Å². The van der Waals surface area contributed by atoms with E-state index in [1.165, 1.54) is 23.6 Å². The van der Waals surface area contributed by atoms with Crippen molar-refractivity contribution in [3.63, 3.8) is 0 Å². The number of anilines is 1. The van der Waals surface area contributed by atoms with Crippen LogP contribution in [0.25, 0.3) is 21.0 Å². The van der Waals surface area contributed by atoms with Gasteiger partial charge in [0.15, 0.2) is 6.54 Å². The molecule has 2 aromatic heterocycles. The van der Waals surface area contributed by atoms with Gasteiger partial charge in [0, 0.05) is 21.8 Å². The lowest BCUT2D eigenvalue weighted by Gasteiger charge is -2.27. The first-order valence-electron chi connectivity index (χ1n) is 13.8. The summed E-state index contributed by atoms with van der Waals surface area (Å²) in [5, 5.41) is 3.39. The summed E-state index contributed by atoms with van der Waals surface area (Å²) >= 11 is 1.52. The van der Waals surface area contributed by atoms with E-state index in [-0.39, 0.29) is 5.56 Å². The number of hydrogen-bond donors (Lipinski definition) is 0. The molecule has 3 heterocycles. The van der Waals surface area contributed by atoms with Crippen LogP contribution < -0.4 is 4.90 Å². The number of carbonyl (C=O) groups is 3. The standard InChI is InChI=1S/C31H20F6N3O6S2/c32-30(33,34)28(42)46-40(16-26(41)39(29(40)43)21-8-10-22(11-9-21)48(44,45)31(35,36)37)15-19-12-13-38-24-6-3-4-18(27(19)24)14-20-17-47-25-7-2-1-5-23(20)25/h1-13,17H,14-16H2/q+1. The molecule has 3 aromatic carbocycles. The first-order valence-corrected chi connectivity index (χ1v) is 16.2. The predicted molar refractivity (Wildman–Crippen MR) is 160 cm³/mol. The van der Waals surface area contributed by atoms with E-state index < -0.39 is 67.7 Å². The molecule has 17 heteroatoms. The molecule has 0 spiro atoms. The van der Waals surface area contributed by atoms with Crippen LogP contribution in [-0.4, -0.2) is 54.2 Å². The van der Waals surface area contributed by atoms with Crippen LogP contribution in [0.3, 0.4) is 0 Å². The molecule has 3 amide bonds. The highest BCUT2D eigenvalue weighted by Crippen LogP contribution is 2.37. The maximum atomic E-state index is 13.9. The molecule has 5 aromatic rings. The Morgan fingerprint density at radius 2 is 1.60 bits per heavy atom. The molecule has 6 rings (SSSR count). The third kappa shape index (κ3) is 5.77. The lowest BCUT2D eigenvalue weighted by Crippen LogP contribution is -2.53. The number of amides is 3. The van der Waals surface area contributed by atoms with Crippen molar-refractivity contribution in [3.05, 3.63) is 101 Å². The van der Waals surface area contributed by atoms with E-state index >= 15 is 0 Å². The van der Waals surface area contributed by atoms with Gasteiger partial charge < -0.3 is 0 Å². The number of hydroxylamine groups is 3. The van der Waals surface area contributed by atoms with Gasteiger partial charge in [-0.25, -0.2) is 18.0 Å². The molecule has 48 heavy (non-hydrogen) atoms. The Balaban J connectivity index is 1.42. The van der Waals surface area contributed by atoms with Gasteiger partial charge in [-0.15, -0.1) is 11.3 Å². The number of fused-ring (bicyclic) bond motifs is 2. The van der Waals surface area contributed by atoms with E-state index in [1.807, 2.05) is 29.6 Å². The number of urea groups is 1. The molecule has 1 aliphatic rings. The van der Waals surface area contributed by atoms with Crippen molar-refractivity contribution in [1.29, 1.82) is 0 Å². The zero-order valence-corrected chi connectivity index (χ0v) is 25.7. The maximum absolute atomic E-state index is 13.9. The number of pyridine rings is 1. The monoisotopic (exact) mass is 708 g/mol. The highest BCUT2D eigenvalue weighted by atomic mass is 32.2. The summed E-state index contributed by atoms with van der Waals surface area (Å²) in [7, 11) is -5.79. The van der Waals surface area contributed by atoms with Gasteiger partial charge >= 0.3 is 23.7 Å². The normalized spacial score (nSPS) is 17.4. The van der Waals surface area contributed by atoms with E-state index in [0.29, 0.717) is 52.1 Å². The summed E-state index contributed by atoms with van der Waals surface area (Å²) in [6.45, 7) is -1.87. The number of sulfone groups is 1. The van der Waals surface area contributed by atoms with Crippen molar-refractivity contribution >= 4 is 65.8 Å². The van der Waals surface area contributed by atoms with Crippen molar-refractivity contribution in [2.45, 2.75) is 29.5 Å². The van der Waals surface area contributed by atoms with Gasteiger partial charge in [0.1, 0.15) is 0 Å². The summed E-state index contributed by atoms with van der Waals surface area (Å²) in [6, 6.07) is 15.2. The van der Waals surface area contributed by atoms with Crippen LogP contribution in [0.5, 0.6) is 0 Å². The number of alkyl halides is 6. The Hall–Kier alpha value is -4.87. The first kappa shape index (κ1) is 33.0. The van der Waals surface area contributed by atoms with Crippen LogP contribution in [0.2, 0.25) is 0 Å². The van der Waals surface area contributed by atoms with Gasteiger partial charge in [-0.3, -0.25) is 14.6 Å². The molecule has 0 bridgehead atoms. The van der Waals surface area contributed by atoms with Gasteiger partial charge in [0.05, 0.1) is 16.1 Å². The lowest BCUT2D eigenvalue weighted by atomic mass is 9.97. The molecule has 0 saturated carbocycles. The molecular weight excluding hydrogens is 688 g/mol. The summed E-state index contributed by atoms with van der Waals surface area (Å²) in [5.74, 6) is -3.93. The first-order chi connectivity index (χ1) is 22.5. The second-order valence-corrected chi connectivity index (χ2v) is 13.6. The SMILES string of the molecule is O=C1C[N+](Cc2ccnc3cccc(Cc4csc5ccccc45)c23)(OC(=O)C(F)(F)F)C(=O)N1c1ccc(S(=O)(=O)C(F)(F)F)cc1. The van der Waals surface area contributed by atoms with Crippen molar-refractivity contribution in [2.75, 3.05) is 11.4 Å². The van der Waals surface area contributed by atoms with Crippen LogP contribution in [0, 0.1) is 0 Å². The third-order valence-electron chi connectivity index (χ3n) is 7.69. The van der Waals surface area contributed by atoms with E-state index in [4.69, 9.17) is 4.84 Å². The van der Waals surface area contributed by atoms with Gasteiger partial charge in [-0.05, 0) is 75.4 Å². The fourth-order valence-electron chi connectivity index (χ4n) is 5.53. The lowest BCUT2D eigenvalue weighted by molar-refractivity contribution is -1.02.